The van der Waals surface area contributed by atoms with Gasteiger partial charge in [0.2, 0.25) is 5.82 Å². The Balaban J connectivity index is 3.13. The largest absolute Gasteiger partial charge is 0.460 e. The van der Waals surface area contributed by atoms with Gasteiger partial charge >= 0.3 is 12.1 Å². The van der Waals surface area contributed by atoms with E-state index in [0.29, 0.717) is 5.69 Å². The number of anilines is 1. The molecule has 0 saturated carbocycles. The second kappa shape index (κ2) is 6.93. The van der Waals surface area contributed by atoms with Gasteiger partial charge in [0.25, 0.3) is 0 Å². The number of hydrogen-bond donors (Lipinski definition) is 1. The van der Waals surface area contributed by atoms with Crippen LogP contribution < -0.4 is 5.32 Å². The highest BCUT2D eigenvalue weighted by atomic mass is 16.6. The number of nitrogens with one attached hydrogen (secondary N) is 1. The number of esters is 1. The molecule has 0 aromatic carbocycles. The van der Waals surface area contributed by atoms with E-state index in [-0.39, 0.29) is 23.7 Å². The molecule has 1 rings (SSSR count). The van der Waals surface area contributed by atoms with Gasteiger partial charge < -0.3 is 9.47 Å². The Morgan fingerprint density at radius 1 is 1.13 bits per heavy atom. The fraction of sp³-hybridized carbons (Fsp3) is 0.625. The van der Waals surface area contributed by atoms with Gasteiger partial charge in [0.1, 0.15) is 11.4 Å². The zero-order chi connectivity index (χ0) is 17.8. The Morgan fingerprint density at radius 3 is 2.22 bits per heavy atom. The van der Waals surface area contributed by atoms with Gasteiger partial charge in [0, 0.05) is 11.5 Å². The van der Waals surface area contributed by atoms with Crippen molar-refractivity contribution >= 4 is 17.9 Å². The fourth-order valence-corrected chi connectivity index (χ4v) is 1.59. The molecule has 23 heavy (non-hydrogen) atoms. The summed E-state index contributed by atoms with van der Waals surface area (Å²) in [6, 6.07) is 1.62. The van der Waals surface area contributed by atoms with Crippen LogP contribution in [0.25, 0.3) is 0 Å². The number of hydrogen-bond acceptors (Lipinski definition) is 6. The highest BCUT2D eigenvalue weighted by Gasteiger charge is 2.23. The predicted octanol–water partition coefficient (Wildman–Crippen LogP) is 3.30. The third kappa shape index (κ3) is 6.22. The van der Waals surface area contributed by atoms with E-state index < -0.39 is 17.7 Å². The molecule has 0 spiro atoms. The zero-order valence-electron chi connectivity index (χ0n) is 14.8. The lowest BCUT2D eigenvalue weighted by Gasteiger charge is -2.21. The summed E-state index contributed by atoms with van der Waals surface area (Å²) in [6.07, 6.45) is -0.647. The summed E-state index contributed by atoms with van der Waals surface area (Å²) in [5.41, 5.74) is -0.343. The molecule has 0 aliphatic heterocycles. The van der Waals surface area contributed by atoms with Crippen LogP contribution >= 0.6 is 0 Å². The van der Waals surface area contributed by atoms with Crippen LogP contribution in [-0.4, -0.2) is 34.2 Å². The summed E-state index contributed by atoms with van der Waals surface area (Å²) in [6.45, 7) is 13.0. The van der Waals surface area contributed by atoms with Crippen molar-refractivity contribution in [2.45, 2.75) is 59.5 Å². The molecule has 0 bridgehead atoms. The average Bonchev–Trinajstić information content (AvgIpc) is 2.35. The van der Waals surface area contributed by atoms with Gasteiger partial charge in [0.05, 0.1) is 12.3 Å². The minimum absolute atomic E-state index is 0.0923. The Kier molecular flexibility index (Phi) is 5.69. The summed E-state index contributed by atoms with van der Waals surface area (Å²) >= 11 is 0. The third-order valence-electron chi connectivity index (χ3n) is 2.58. The van der Waals surface area contributed by atoms with E-state index in [2.05, 4.69) is 15.3 Å². The van der Waals surface area contributed by atoms with Crippen molar-refractivity contribution in [2.24, 2.45) is 0 Å². The summed E-state index contributed by atoms with van der Waals surface area (Å²) in [4.78, 5) is 32.1. The first-order valence-corrected chi connectivity index (χ1v) is 7.49. The smallest absolute Gasteiger partial charge is 0.413 e. The van der Waals surface area contributed by atoms with E-state index in [1.807, 2.05) is 20.8 Å². The number of rotatable bonds is 3. The van der Waals surface area contributed by atoms with Crippen LogP contribution in [0.5, 0.6) is 0 Å². The van der Waals surface area contributed by atoms with Gasteiger partial charge in [-0.1, -0.05) is 20.8 Å². The fourth-order valence-electron chi connectivity index (χ4n) is 1.59. The van der Waals surface area contributed by atoms with Crippen molar-refractivity contribution in [1.29, 1.82) is 0 Å². The van der Waals surface area contributed by atoms with Crippen LogP contribution in [0.15, 0.2) is 6.07 Å². The number of amides is 1. The first-order chi connectivity index (χ1) is 10.4. The quantitative estimate of drug-likeness (QED) is 0.858. The van der Waals surface area contributed by atoms with Crippen molar-refractivity contribution < 1.29 is 19.1 Å². The van der Waals surface area contributed by atoms with Gasteiger partial charge in [-0.25, -0.2) is 19.6 Å². The Bertz CT molecular complexity index is 586. The number of aromatic nitrogens is 2. The monoisotopic (exact) mass is 323 g/mol. The molecule has 1 aromatic rings. The van der Waals surface area contributed by atoms with Crippen molar-refractivity contribution in [1.82, 2.24) is 9.97 Å². The average molecular weight is 323 g/mol. The van der Waals surface area contributed by atoms with Crippen LogP contribution in [0.1, 0.15) is 64.8 Å². The molecule has 7 nitrogen and oxygen atoms in total. The molecule has 0 radical (unpaired) electrons. The number of carbonyl (C=O) groups is 2. The van der Waals surface area contributed by atoms with Crippen LogP contribution in [0.3, 0.4) is 0 Å². The van der Waals surface area contributed by atoms with Crippen LogP contribution in [0, 0.1) is 0 Å². The summed E-state index contributed by atoms with van der Waals surface area (Å²) in [5, 5.41) is 2.53. The summed E-state index contributed by atoms with van der Waals surface area (Å²) in [7, 11) is 0. The van der Waals surface area contributed by atoms with E-state index in [9.17, 15) is 9.59 Å². The summed E-state index contributed by atoms with van der Waals surface area (Å²) < 4.78 is 10.1. The highest BCUT2D eigenvalue weighted by molar-refractivity contribution is 5.87. The van der Waals surface area contributed by atoms with Gasteiger partial charge in [-0.15, -0.1) is 0 Å². The van der Waals surface area contributed by atoms with Crippen molar-refractivity contribution in [3.63, 3.8) is 0 Å². The van der Waals surface area contributed by atoms with Crippen molar-refractivity contribution in [2.75, 3.05) is 11.9 Å². The normalized spacial score (nSPS) is 11.8. The molecule has 0 aliphatic rings. The minimum Gasteiger partial charge on any atom is -0.460 e. The maximum absolute atomic E-state index is 11.9. The molecular weight excluding hydrogens is 298 g/mol. The predicted molar refractivity (Wildman–Crippen MR) is 86.5 cm³/mol. The van der Waals surface area contributed by atoms with Crippen molar-refractivity contribution in [3.05, 3.63) is 17.6 Å². The van der Waals surface area contributed by atoms with E-state index in [0.717, 1.165) is 0 Å². The highest BCUT2D eigenvalue weighted by Crippen LogP contribution is 2.23. The zero-order valence-corrected chi connectivity index (χ0v) is 14.8. The van der Waals surface area contributed by atoms with Gasteiger partial charge in [-0.05, 0) is 27.7 Å². The van der Waals surface area contributed by atoms with Crippen LogP contribution in [0.2, 0.25) is 0 Å². The molecule has 7 heteroatoms. The maximum atomic E-state index is 11.9. The first-order valence-electron chi connectivity index (χ1n) is 7.49. The minimum atomic E-state index is -0.647. The molecule has 0 fully saturated rings. The number of carbonyl (C=O) groups excluding carboxylic acids is 2. The number of nitrogens with zero attached hydrogens (tertiary/aromatic N) is 2. The standard InChI is InChI=1S/C16H25N3O4/c1-8-22-13(20)12-17-10(15(2,3)4)9-11(18-12)19-14(21)23-16(5,6)7/h9H,8H2,1-7H3,(H,17,18,19,21). The second-order valence-corrected chi connectivity index (χ2v) is 7.06. The third-order valence-corrected chi connectivity index (χ3v) is 2.58. The van der Waals surface area contributed by atoms with E-state index in [4.69, 9.17) is 9.47 Å². The molecule has 0 atom stereocenters. The molecule has 1 heterocycles. The van der Waals surface area contributed by atoms with E-state index >= 15 is 0 Å². The Morgan fingerprint density at radius 2 is 1.74 bits per heavy atom. The molecule has 128 valence electrons. The number of ether oxygens (including phenoxy) is 2. The Hall–Kier alpha value is -2.18. The molecular formula is C16H25N3O4. The van der Waals surface area contributed by atoms with Gasteiger partial charge in [-0.2, -0.15) is 0 Å². The molecule has 0 aliphatic carbocycles. The van der Waals surface area contributed by atoms with Crippen molar-refractivity contribution in [3.8, 4) is 0 Å². The first kappa shape index (κ1) is 18.9. The summed E-state index contributed by atoms with van der Waals surface area (Å²) in [5.74, 6) is -0.529. The van der Waals surface area contributed by atoms with Gasteiger partial charge in [-0.3, -0.25) is 5.32 Å². The SMILES string of the molecule is CCOC(=O)c1nc(NC(=O)OC(C)(C)C)cc(C(C)(C)C)n1. The molecule has 0 saturated heterocycles. The molecule has 1 aromatic heterocycles. The topological polar surface area (TPSA) is 90.4 Å². The van der Waals surface area contributed by atoms with Crippen LogP contribution in [0.4, 0.5) is 10.6 Å². The van der Waals surface area contributed by atoms with Crippen LogP contribution in [-0.2, 0) is 14.9 Å². The lowest BCUT2D eigenvalue weighted by atomic mass is 9.92. The molecule has 1 amide bonds. The second-order valence-electron chi connectivity index (χ2n) is 7.06. The molecule has 1 N–H and O–H groups in total. The maximum Gasteiger partial charge on any atom is 0.413 e. The van der Waals surface area contributed by atoms with Gasteiger partial charge in [0.15, 0.2) is 0 Å². The lowest BCUT2D eigenvalue weighted by Crippen LogP contribution is -2.28. The Labute approximate surface area is 136 Å². The lowest BCUT2D eigenvalue weighted by molar-refractivity contribution is 0.0509. The van der Waals surface area contributed by atoms with E-state index in [1.54, 1.807) is 33.8 Å². The van der Waals surface area contributed by atoms with E-state index in [1.165, 1.54) is 0 Å². The molecule has 0 unspecified atom stereocenters.